The molecular weight excluding hydrogens is 638 g/mol. The fourth-order valence-corrected chi connectivity index (χ4v) is 6.91. The number of para-hydroxylation sites is 2. The van der Waals surface area contributed by atoms with E-state index in [1.807, 2.05) is 56.3 Å². The van der Waals surface area contributed by atoms with Crippen molar-refractivity contribution in [3.63, 3.8) is 0 Å². The molecule has 47 heavy (non-hydrogen) atoms. The molecule has 0 atom stereocenters. The van der Waals surface area contributed by atoms with Crippen molar-refractivity contribution in [2.24, 2.45) is 0 Å². The molecule has 0 saturated carbocycles. The number of rotatable bonds is 9. The summed E-state index contributed by atoms with van der Waals surface area (Å²) in [5.41, 5.74) is 3.35. The van der Waals surface area contributed by atoms with Crippen molar-refractivity contribution < 1.29 is 14.4 Å². The molecule has 4 aromatic rings. The van der Waals surface area contributed by atoms with Gasteiger partial charge in [0.15, 0.2) is 5.13 Å². The van der Waals surface area contributed by atoms with Crippen LogP contribution in [0.1, 0.15) is 45.9 Å². The summed E-state index contributed by atoms with van der Waals surface area (Å²) in [6.45, 7) is 6.46. The number of imide groups is 1. The van der Waals surface area contributed by atoms with Gasteiger partial charge in [0.25, 0.3) is 5.91 Å². The van der Waals surface area contributed by atoms with Gasteiger partial charge >= 0.3 is 6.03 Å². The lowest BCUT2D eigenvalue weighted by Crippen LogP contribution is -2.50. The summed E-state index contributed by atoms with van der Waals surface area (Å²) in [6, 6.07) is 15.2. The summed E-state index contributed by atoms with van der Waals surface area (Å²) in [5, 5.41) is 9.58. The molecule has 4 amide bonds. The molecule has 0 radical (unpaired) electrons. The van der Waals surface area contributed by atoms with Crippen LogP contribution < -0.4 is 25.8 Å². The minimum atomic E-state index is -0.372. The zero-order valence-corrected chi connectivity index (χ0v) is 28.0. The fourth-order valence-electron chi connectivity index (χ4n) is 5.93. The Morgan fingerprint density at radius 1 is 1.09 bits per heavy atom. The van der Waals surface area contributed by atoms with Crippen molar-refractivity contribution in [1.82, 2.24) is 25.2 Å². The van der Waals surface area contributed by atoms with Crippen molar-refractivity contribution in [3.8, 4) is 0 Å². The van der Waals surface area contributed by atoms with Crippen LogP contribution in [0.5, 0.6) is 0 Å². The predicted octanol–water partition coefficient (Wildman–Crippen LogP) is 5.75. The molecule has 0 spiro atoms. The number of carbonyl (C=O) groups excluding carboxylic acids is 3. The number of hydrogen-bond donors (Lipinski definition) is 3. The molecule has 2 saturated heterocycles. The van der Waals surface area contributed by atoms with E-state index in [9.17, 15) is 14.4 Å². The maximum Gasteiger partial charge on any atom is 0.328 e. The third-order valence-corrected chi connectivity index (χ3v) is 9.64. The Bertz CT molecular complexity index is 1790. The van der Waals surface area contributed by atoms with E-state index in [-0.39, 0.29) is 17.8 Å². The van der Waals surface area contributed by atoms with Gasteiger partial charge in [-0.05, 0) is 57.0 Å². The number of urea groups is 1. The molecule has 0 aliphatic carbocycles. The lowest BCUT2D eigenvalue weighted by molar-refractivity contribution is -0.120. The van der Waals surface area contributed by atoms with Gasteiger partial charge in [0, 0.05) is 50.4 Å². The molecule has 244 valence electrons. The van der Waals surface area contributed by atoms with E-state index in [1.165, 1.54) is 17.5 Å². The Kier molecular flexibility index (Phi) is 9.66. The number of aromatic nitrogens is 3. The minimum absolute atomic E-state index is 0.239. The Morgan fingerprint density at radius 3 is 2.64 bits per heavy atom. The molecule has 2 fully saturated rings. The number of thiazole rings is 1. The normalized spacial score (nSPS) is 15.6. The van der Waals surface area contributed by atoms with Gasteiger partial charge in [-0.25, -0.2) is 19.7 Å². The Balaban J connectivity index is 1.06. The monoisotopic (exact) mass is 673 g/mol. The van der Waals surface area contributed by atoms with Crippen LogP contribution in [0.3, 0.4) is 0 Å². The molecule has 2 aromatic heterocycles. The smallest absolute Gasteiger partial charge is 0.328 e. The van der Waals surface area contributed by atoms with Crippen LogP contribution in [0.2, 0.25) is 5.02 Å². The predicted molar refractivity (Wildman–Crippen MR) is 185 cm³/mol. The minimum Gasteiger partial charge on any atom is -0.356 e. The van der Waals surface area contributed by atoms with Crippen LogP contribution in [0, 0.1) is 13.8 Å². The number of aryl methyl sites for hydroxylation is 2. The van der Waals surface area contributed by atoms with E-state index in [0.29, 0.717) is 57.9 Å². The highest BCUT2D eigenvalue weighted by Gasteiger charge is 2.28. The van der Waals surface area contributed by atoms with Gasteiger partial charge in [0.05, 0.1) is 16.9 Å². The number of piperidine rings is 1. The van der Waals surface area contributed by atoms with Gasteiger partial charge in [0.2, 0.25) is 5.91 Å². The fraction of sp³-hybridized carbons (Fsp3) is 0.333. The van der Waals surface area contributed by atoms with Crippen LogP contribution in [-0.4, -0.2) is 70.4 Å². The van der Waals surface area contributed by atoms with Gasteiger partial charge in [-0.15, -0.1) is 0 Å². The summed E-state index contributed by atoms with van der Waals surface area (Å²) >= 11 is 7.51. The number of benzene rings is 2. The second-order valence-corrected chi connectivity index (χ2v) is 13.2. The largest absolute Gasteiger partial charge is 0.356 e. The lowest BCUT2D eigenvalue weighted by Gasteiger charge is -2.38. The Hall–Kier alpha value is -4.59. The molecule has 4 heterocycles. The molecule has 12 nitrogen and oxygen atoms in total. The third kappa shape index (κ3) is 7.53. The zero-order chi connectivity index (χ0) is 33.1. The van der Waals surface area contributed by atoms with E-state index < -0.39 is 0 Å². The first-order chi connectivity index (χ1) is 22.6. The van der Waals surface area contributed by atoms with E-state index in [0.717, 1.165) is 48.6 Å². The molecule has 6 rings (SSSR count). The van der Waals surface area contributed by atoms with Gasteiger partial charge < -0.3 is 15.5 Å². The van der Waals surface area contributed by atoms with Gasteiger partial charge in [-0.2, -0.15) is 0 Å². The molecule has 2 aliphatic rings. The summed E-state index contributed by atoms with van der Waals surface area (Å²) in [6.07, 6.45) is 3.71. The average molecular weight is 674 g/mol. The van der Waals surface area contributed by atoms with Crippen molar-refractivity contribution in [1.29, 1.82) is 0 Å². The number of nitrogens with one attached hydrogen (secondary N) is 3. The van der Waals surface area contributed by atoms with Crippen LogP contribution >= 0.6 is 22.9 Å². The highest BCUT2D eigenvalue weighted by atomic mass is 35.5. The van der Waals surface area contributed by atoms with Crippen LogP contribution in [0.4, 0.5) is 32.9 Å². The number of hydrogen-bond acceptors (Lipinski definition) is 10. The highest BCUT2D eigenvalue weighted by molar-refractivity contribution is 7.17. The van der Waals surface area contributed by atoms with Crippen molar-refractivity contribution in [2.45, 2.75) is 45.7 Å². The molecule has 2 aromatic carbocycles. The quantitative estimate of drug-likeness (QED) is 0.203. The second-order valence-electron chi connectivity index (χ2n) is 11.7. The number of carbonyl (C=O) groups is 3. The number of amides is 4. The Morgan fingerprint density at radius 2 is 1.87 bits per heavy atom. The maximum absolute atomic E-state index is 12.9. The first-order valence-corrected chi connectivity index (χ1v) is 16.6. The van der Waals surface area contributed by atoms with Gasteiger partial charge in [0.1, 0.15) is 22.3 Å². The average Bonchev–Trinajstić information content (AvgIpc) is 3.52. The van der Waals surface area contributed by atoms with Crippen molar-refractivity contribution >= 4 is 68.9 Å². The first kappa shape index (κ1) is 32.4. The molecule has 3 N–H and O–H groups in total. The molecular formula is C33H36ClN9O3S. The van der Waals surface area contributed by atoms with E-state index in [1.54, 1.807) is 11.0 Å². The van der Waals surface area contributed by atoms with E-state index >= 15 is 0 Å². The van der Waals surface area contributed by atoms with Gasteiger partial charge in [-0.1, -0.05) is 53.3 Å². The molecule has 0 unspecified atom stereocenters. The highest BCUT2D eigenvalue weighted by Crippen LogP contribution is 2.30. The standard InChI is InChI=1S/C33H36ClN9O3S/c1-20-7-6-9-24(34)30(20)40-31(45)26-18-35-32(47-26)38-27-17-28(37-21(2)36-27)42-14-11-23(12-15-42)41(3)19-22-8-4-5-10-25(22)43-16-13-29(44)39-33(43)46/h4-10,17-18,23H,11-16,19H2,1-3H3,(H,40,45)(H,39,44,46)(H,35,36,37,38). The summed E-state index contributed by atoms with van der Waals surface area (Å²) < 4.78 is 0. The van der Waals surface area contributed by atoms with Gasteiger partial charge in [-0.3, -0.25) is 24.7 Å². The van der Waals surface area contributed by atoms with E-state index in [4.69, 9.17) is 16.6 Å². The number of nitrogens with zero attached hydrogens (tertiary/aromatic N) is 6. The number of halogens is 1. The lowest BCUT2D eigenvalue weighted by atomic mass is 10.0. The maximum atomic E-state index is 12.9. The number of anilines is 5. The van der Waals surface area contributed by atoms with Crippen molar-refractivity contribution in [3.05, 3.63) is 81.6 Å². The first-order valence-electron chi connectivity index (χ1n) is 15.4. The third-order valence-electron chi connectivity index (χ3n) is 8.42. The van der Waals surface area contributed by atoms with Crippen LogP contribution in [0.25, 0.3) is 0 Å². The SMILES string of the molecule is Cc1nc(Nc2ncc(C(=O)Nc3c(C)cccc3Cl)s2)cc(N2CCC(N(C)Cc3ccccc3N3CCC(=O)NC3=O)CC2)n1. The molecule has 0 bridgehead atoms. The second kappa shape index (κ2) is 14.0. The summed E-state index contributed by atoms with van der Waals surface area (Å²) in [4.78, 5) is 57.4. The molecule has 2 aliphatic heterocycles. The zero-order valence-electron chi connectivity index (χ0n) is 26.4. The van der Waals surface area contributed by atoms with Crippen LogP contribution in [0.15, 0.2) is 54.7 Å². The summed E-state index contributed by atoms with van der Waals surface area (Å²) in [7, 11) is 2.12. The topological polar surface area (TPSA) is 136 Å². The van der Waals surface area contributed by atoms with Crippen molar-refractivity contribution in [2.75, 3.05) is 47.1 Å². The van der Waals surface area contributed by atoms with Crippen LogP contribution in [-0.2, 0) is 11.3 Å². The summed E-state index contributed by atoms with van der Waals surface area (Å²) in [5.74, 6) is 1.55. The molecule has 14 heteroatoms. The van der Waals surface area contributed by atoms with E-state index in [2.05, 4.69) is 42.8 Å². The Labute approximate surface area is 282 Å².